The molecule has 4 rings (SSSR count). The molecule has 0 saturated heterocycles. The van der Waals surface area contributed by atoms with E-state index in [9.17, 15) is 13.6 Å². The molecule has 3 saturated carbocycles. The van der Waals surface area contributed by atoms with Crippen molar-refractivity contribution < 1.29 is 23.0 Å². The minimum absolute atomic E-state index is 0.0783. The maximum absolute atomic E-state index is 14.0. The molecule has 0 radical (unpaired) electrons. The molecule has 0 spiro atoms. The van der Waals surface area contributed by atoms with Crippen LogP contribution in [-0.4, -0.2) is 13.1 Å². The van der Waals surface area contributed by atoms with E-state index in [0.29, 0.717) is 11.8 Å². The van der Waals surface area contributed by atoms with Gasteiger partial charge in [-0.2, -0.15) is 0 Å². The van der Waals surface area contributed by atoms with Gasteiger partial charge < -0.3 is 9.47 Å². The topological polar surface area (TPSA) is 35.5 Å². The molecule has 5 heteroatoms. The predicted molar refractivity (Wildman–Crippen MR) is 121 cm³/mol. The number of ether oxygens (including phenoxy) is 2. The van der Waals surface area contributed by atoms with Gasteiger partial charge in [0.1, 0.15) is 5.75 Å². The van der Waals surface area contributed by atoms with Crippen LogP contribution in [0.4, 0.5) is 8.78 Å². The number of benzene rings is 1. The van der Waals surface area contributed by atoms with E-state index >= 15 is 0 Å². The Labute approximate surface area is 191 Å². The van der Waals surface area contributed by atoms with Crippen molar-refractivity contribution in [2.45, 2.75) is 84.0 Å². The first kappa shape index (κ1) is 23.5. The number of carbonyl (C=O) groups is 1. The number of halogens is 2. The fourth-order valence-corrected chi connectivity index (χ4v) is 7.06. The van der Waals surface area contributed by atoms with Gasteiger partial charge in [0.05, 0.1) is 13.0 Å². The largest absolute Gasteiger partial charge is 0.491 e. The highest BCUT2D eigenvalue weighted by molar-refractivity contribution is 5.75. The zero-order chi connectivity index (χ0) is 22.7. The number of carbonyl (C=O) groups excluding carboxylic acids is 1. The Kier molecular flexibility index (Phi) is 7.73. The summed E-state index contributed by atoms with van der Waals surface area (Å²) in [5.41, 5.74) is 0. The van der Waals surface area contributed by atoms with Crippen LogP contribution in [0.2, 0.25) is 0 Å². The van der Waals surface area contributed by atoms with E-state index in [0.717, 1.165) is 49.1 Å². The van der Waals surface area contributed by atoms with Crippen LogP contribution in [0.25, 0.3) is 0 Å². The average molecular weight is 449 g/mol. The summed E-state index contributed by atoms with van der Waals surface area (Å²) in [5, 5.41) is 0. The Morgan fingerprint density at radius 2 is 1.62 bits per heavy atom. The molecule has 0 aromatic heterocycles. The van der Waals surface area contributed by atoms with Crippen LogP contribution in [0.15, 0.2) is 12.1 Å². The second kappa shape index (κ2) is 10.5. The Morgan fingerprint density at radius 1 is 0.938 bits per heavy atom. The molecule has 32 heavy (non-hydrogen) atoms. The molecule has 1 aromatic carbocycles. The molecular formula is C27H38F2O3. The van der Waals surface area contributed by atoms with Gasteiger partial charge in [0.25, 0.3) is 0 Å². The highest BCUT2D eigenvalue weighted by atomic mass is 19.1. The van der Waals surface area contributed by atoms with Crippen molar-refractivity contribution in [3.8, 4) is 11.5 Å². The van der Waals surface area contributed by atoms with Crippen molar-refractivity contribution in [1.29, 1.82) is 0 Å². The SMILES string of the molecule is CCCC1CCC(C2CCC3C(CCCC3C(=O)Oc3cc(F)c(OC)c(F)c3)C2)CC1. The van der Waals surface area contributed by atoms with Gasteiger partial charge in [0.2, 0.25) is 0 Å². The molecule has 3 aliphatic rings. The van der Waals surface area contributed by atoms with Crippen molar-refractivity contribution in [3.05, 3.63) is 23.8 Å². The van der Waals surface area contributed by atoms with Gasteiger partial charge >= 0.3 is 5.97 Å². The van der Waals surface area contributed by atoms with Crippen LogP contribution in [0, 0.1) is 47.1 Å². The van der Waals surface area contributed by atoms with Crippen LogP contribution < -0.4 is 9.47 Å². The number of methoxy groups -OCH3 is 1. The second-order valence-corrected chi connectivity index (χ2v) is 10.4. The third kappa shape index (κ3) is 5.12. The fourth-order valence-electron chi connectivity index (χ4n) is 7.06. The summed E-state index contributed by atoms with van der Waals surface area (Å²) in [7, 11) is 1.21. The van der Waals surface area contributed by atoms with Gasteiger partial charge in [-0.25, -0.2) is 8.78 Å². The zero-order valence-electron chi connectivity index (χ0n) is 19.6. The molecule has 0 amide bonds. The standard InChI is InChI=1S/C27H38F2O3/c1-3-5-17-8-10-18(11-9-17)19-12-13-22-20(14-19)6-4-7-23(22)27(30)32-21-15-24(28)26(31-2)25(29)16-21/h15-20,22-23H,3-14H2,1-2H3. The van der Waals surface area contributed by atoms with Gasteiger partial charge in [-0.3, -0.25) is 4.79 Å². The number of hydrogen-bond donors (Lipinski definition) is 0. The molecule has 0 bridgehead atoms. The van der Waals surface area contributed by atoms with Gasteiger partial charge in [-0.15, -0.1) is 0 Å². The van der Waals surface area contributed by atoms with E-state index in [1.54, 1.807) is 0 Å². The third-order valence-electron chi connectivity index (χ3n) is 8.64. The summed E-state index contributed by atoms with van der Waals surface area (Å²) >= 11 is 0. The van der Waals surface area contributed by atoms with E-state index in [4.69, 9.17) is 9.47 Å². The lowest BCUT2D eigenvalue weighted by Crippen LogP contribution is -2.40. The molecule has 1 aromatic rings. The third-order valence-corrected chi connectivity index (χ3v) is 8.64. The average Bonchev–Trinajstić information content (AvgIpc) is 2.79. The van der Waals surface area contributed by atoms with Crippen LogP contribution in [0.3, 0.4) is 0 Å². The van der Waals surface area contributed by atoms with Crippen molar-refractivity contribution in [3.63, 3.8) is 0 Å². The number of fused-ring (bicyclic) bond motifs is 1. The molecule has 0 N–H and O–H groups in total. The smallest absolute Gasteiger partial charge is 0.314 e. The number of rotatable bonds is 6. The summed E-state index contributed by atoms with van der Waals surface area (Å²) in [4.78, 5) is 13.0. The molecule has 4 atom stereocenters. The monoisotopic (exact) mass is 448 g/mol. The quantitative estimate of drug-likeness (QED) is 0.338. The van der Waals surface area contributed by atoms with Crippen LogP contribution in [-0.2, 0) is 4.79 Å². The van der Waals surface area contributed by atoms with Gasteiger partial charge in [0.15, 0.2) is 17.4 Å². The van der Waals surface area contributed by atoms with E-state index in [2.05, 4.69) is 6.92 Å². The predicted octanol–water partition coefficient (Wildman–Crippen LogP) is 7.32. The Bertz CT molecular complexity index is 764. The Hall–Kier alpha value is -1.65. The van der Waals surface area contributed by atoms with Crippen LogP contribution in [0.1, 0.15) is 84.0 Å². The summed E-state index contributed by atoms with van der Waals surface area (Å²) in [6.07, 6.45) is 14.8. The van der Waals surface area contributed by atoms with Gasteiger partial charge in [0, 0.05) is 12.1 Å². The first-order valence-corrected chi connectivity index (χ1v) is 12.7. The number of hydrogen-bond acceptors (Lipinski definition) is 3. The summed E-state index contributed by atoms with van der Waals surface area (Å²) in [6, 6.07) is 2.07. The molecule has 3 nitrogen and oxygen atoms in total. The molecule has 3 aliphatic carbocycles. The number of esters is 1. The highest BCUT2D eigenvalue weighted by Crippen LogP contribution is 2.50. The summed E-state index contributed by atoms with van der Waals surface area (Å²) in [6.45, 7) is 2.29. The second-order valence-electron chi connectivity index (χ2n) is 10.4. The maximum Gasteiger partial charge on any atom is 0.314 e. The molecule has 3 fully saturated rings. The van der Waals surface area contributed by atoms with E-state index in [1.807, 2.05) is 0 Å². The lowest BCUT2D eigenvalue weighted by atomic mass is 9.59. The first-order chi connectivity index (χ1) is 15.5. The van der Waals surface area contributed by atoms with Crippen molar-refractivity contribution in [2.24, 2.45) is 35.5 Å². The van der Waals surface area contributed by atoms with Crippen LogP contribution in [0.5, 0.6) is 11.5 Å². The maximum atomic E-state index is 14.0. The van der Waals surface area contributed by atoms with E-state index in [1.165, 1.54) is 64.9 Å². The highest BCUT2D eigenvalue weighted by Gasteiger charge is 2.43. The zero-order valence-corrected chi connectivity index (χ0v) is 19.6. The molecule has 0 aliphatic heterocycles. The Morgan fingerprint density at radius 3 is 2.28 bits per heavy atom. The Balaban J connectivity index is 1.35. The fraction of sp³-hybridized carbons (Fsp3) is 0.741. The minimum atomic E-state index is -0.856. The van der Waals surface area contributed by atoms with Crippen molar-refractivity contribution in [2.75, 3.05) is 7.11 Å². The lowest BCUT2D eigenvalue weighted by molar-refractivity contribution is -0.144. The van der Waals surface area contributed by atoms with Crippen molar-refractivity contribution in [1.82, 2.24) is 0 Å². The van der Waals surface area contributed by atoms with Crippen molar-refractivity contribution >= 4 is 5.97 Å². The lowest BCUT2D eigenvalue weighted by Gasteiger charge is -2.46. The molecule has 178 valence electrons. The summed E-state index contributed by atoms with van der Waals surface area (Å²) in [5.74, 6) is 0.793. The van der Waals surface area contributed by atoms with Gasteiger partial charge in [-0.1, -0.05) is 45.4 Å². The molecular weight excluding hydrogens is 410 g/mol. The molecule has 0 heterocycles. The van der Waals surface area contributed by atoms with E-state index < -0.39 is 17.4 Å². The van der Waals surface area contributed by atoms with Crippen LogP contribution >= 0.6 is 0 Å². The van der Waals surface area contributed by atoms with E-state index in [-0.39, 0.29) is 17.6 Å². The normalized spacial score (nSPS) is 32.8. The summed E-state index contributed by atoms with van der Waals surface area (Å²) < 4.78 is 38.2. The van der Waals surface area contributed by atoms with Gasteiger partial charge in [-0.05, 0) is 68.1 Å². The first-order valence-electron chi connectivity index (χ1n) is 12.7. The molecule has 4 unspecified atom stereocenters. The minimum Gasteiger partial charge on any atom is -0.491 e.